The van der Waals surface area contributed by atoms with Crippen molar-refractivity contribution in [3.8, 4) is 16.4 Å². The molecule has 11 heteroatoms. The van der Waals surface area contributed by atoms with Crippen LogP contribution in [0.3, 0.4) is 0 Å². The summed E-state index contributed by atoms with van der Waals surface area (Å²) in [7, 11) is 1.35. The van der Waals surface area contributed by atoms with Crippen LogP contribution in [0, 0.1) is 5.92 Å². The molecule has 0 spiro atoms. The van der Waals surface area contributed by atoms with Gasteiger partial charge in [-0.25, -0.2) is 4.79 Å². The molecule has 34 heavy (non-hydrogen) atoms. The van der Waals surface area contributed by atoms with E-state index in [1.54, 1.807) is 11.3 Å². The van der Waals surface area contributed by atoms with Gasteiger partial charge in [0.05, 0.1) is 10.6 Å². The minimum atomic E-state index is -0.697. The van der Waals surface area contributed by atoms with Crippen molar-refractivity contribution < 1.29 is 4.79 Å². The third kappa shape index (κ3) is 4.48. The van der Waals surface area contributed by atoms with Crippen LogP contribution in [0.4, 0.5) is 5.82 Å². The van der Waals surface area contributed by atoms with Crippen molar-refractivity contribution in [3.05, 3.63) is 74.2 Å². The van der Waals surface area contributed by atoms with E-state index in [0.29, 0.717) is 17.5 Å². The van der Waals surface area contributed by atoms with E-state index in [1.165, 1.54) is 11.6 Å². The van der Waals surface area contributed by atoms with Crippen LogP contribution in [-0.4, -0.2) is 35.4 Å². The van der Waals surface area contributed by atoms with Gasteiger partial charge in [0.1, 0.15) is 11.4 Å². The lowest BCUT2D eigenvalue weighted by molar-refractivity contribution is 0.102. The molecule has 0 aliphatic rings. The largest absolute Gasteiger partial charge is 0.384 e. The number of thioether (sulfide) groups is 1. The number of carbonyl (C=O) groups excluding carboxylic acids is 1. The highest BCUT2D eigenvalue weighted by Gasteiger charge is 2.24. The molecule has 0 unspecified atom stereocenters. The molecule has 0 aliphatic carbocycles. The fourth-order valence-electron chi connectivity index (χ4n) is 3.53. The highest BCUT2D eigenvalue weighted by atomic mass is 32.2. The molecule has 3 aromatic heterocycles. The number of hydrogen-bond donors (Lipinski definition) is 1. The maximum Gasteiger partial charge on any atom is 0.332 e. The Labute approximate surface area is 203 Å². The lowest BCUT2D eigenvalue weighted by Crippen LogP contribution is -2.43. The van der Waals surface area contributed by atoms with E-state index >= 15 is 0 Å². The summed E-state index contributed by atoms with van der Waals surface area (Å²) >= 11 is 2.70. The molecule has 2 N–H and O–H groups in total. The Morgan fingerprint density at radius 1 is 1.12 bits per heavy atom. The minimum Gasteiger partial charge on any atom is -0.384 e. The van der Waals surface area contributed by atoms with E-state index in [2.05, 4.69) is 10.2 Å². The van der Waals surface area contributed by atoms with Crippen LogP contribution in [0.1, 0.15) is 24.2 Å². The van der Waals surface area contributed by atoms with Crippen molar-refractivity contribution in [2.75, 3.05) is 11.5 Å². The third-order valence-electron chi connectivity index (χ3n) is 5.13. The number of carbonyl (C=O) groups is 1. The molecule has 176 valence electrons. The molecule has 0 atom stereocenters. The predicted octanol–water partition coefficient (Wildman–Crippen LogP) is 3.07. The summed E-state index contributed by atoms with van der Waals surface area (Å²) in [5.74, 6) is 0.110. The van der Waals surface area contributed by atoms with Gasteiger partial charge < -0.3 is 5.73 Å². The number of nitrogens with two attached hydrogens (primary N) is 1. The second kappa shape index (κ2) is 9.82. The Kier molecular flexibility index (Phi) is 6.85. The summed E-state index contributed by atoms with van der Waals surface area (Å²) in [5, 5.41) is 11.1. The van der Waals surface area contributed by atoms with Gasteiger partial charge in [0.15, 0.2) is 16.8 Å². The number of Topliss-reactive ketones (excluding diaryl/α,β-unsaturated/α-hetero) is 1. The predicted molar refractivity (Wildman–Crippen MR) is 135 cm³/mol. The number of para-hydroxylation sites is 1. The Balaban J connectivity index is 1.69. The second-order valence-corrected chi connectivity index (χ2v) is 9.97. The summed E-state index contributed by atoms with van der Waals surface area (Å²) in [4.78, 5) is 39.4. The maximum atomic E-state index is 13.2. The SMILES string of the molecule is CC(C)Cn1c(N)c(C(=O)CSc2nnc(-c3cccs3)n2-c2ccccc2)c(=O)n(C)c1=O. The Hall–Kier alpha value is -3.44. The van der Waals surface area contributed by atoms with Crippen LogP contribution in [0.15, 0.2) is 62.6 Å². The van der Waals surface area contributed by atoms with Crippen molar-refractivity contribution in [1.82, 2.24) is 23.9 Å². The number of anilines is 1. The lowest BCUT2D eigenvalue weighted by atomic mass is 10.2. The van der Waals surface area contributed by atoms with Gasteiger partial charge in [0.25, 0.3) is 5.56 Å². The van der Waals surface area contributed by atoms with Gasteiger partial charge in [0.2, 0.25) is 0 Å². The molecule has 1 aromatic carbocycles. The number of aromatic nitrogens is 5. The molecule has 4 rings (SSSR count). The zero-order valence-electron chi connectivity index (χ0n) is 19.0. The van der Waals surface area contributed by atoms with Gasteiger partial charge in [0, 0.05) is 19.3 Å². The van der Waals surface area contributed by atoms with Crippen molar-refractivity contribution >= 4 is 34.7 Å². The van der Waals surface area contributed by atoms with Gasteiger partial charge in [-0.05, 0) is 29.5 Å². The molecule has 4 aromatic rings. The van der Waals surface area contributed by atoms with Crippen molar-refractivity contribution in [2.24, 2.45) is 13.0 Å². The molecule has 3 heterocycles. The first-order valence-corrected chi connectivity index (χ1v) is 12.5. The molecule has 0 saturated heterocycles. The Morgan fingerprint density at radius 3 is 2.50 bits per heavy atom. The van der Waals surface area contributed by atoms with E-state index in [9.17, 15) is 14.4 Å². The topological polar surface area (TPSA) is 118 Å². The molecular weight excluding hydrogens is 472 g/mol. The number of ketones is 1. The highest BCUT2D eigenvalue weighted by Crippen LogP contribution is 2.30. The first-order valence-electron chi connectivity index (χ1n) is 10.6. The van der Waals surface area contributed by atoms with Gasteiger partial charge in [-0.15, -0.1) is 21.5 Å². The quantitative estimate of drug-likeness (QED) is 0.294. The van der Waals surface area contributed by atoms with Crippen LogP contribution in [0.5, 0.6) is 0 Å². The monoisotopic (exact) mass is 496 g/mol. The number of hydrogen-bond acceptors (Lipinski definition) is 8. The summed E-state index contributed by atoms with van der Waals surface area (Å²) in [5.41, 5.74) is 5.59. The van der Waals surface area contributed by atoms with E-state index < -0.39 is 17.0 Å². The van der Waals surface area contributed by atoms with Crippen molar-refractivity contribution in [2.45, 2.75) is 25.5 Å². The first-order chi connectivity index (χ1) is 16.3. The Bertz CT molecular complexity index is 1440. The number of thiophene rings is 1. The van der Waals surface area contributed by atoms with Crippen LogP contribution in [0.2, 0.25) is 0 Å². The van der Waals surface area contributed by atoms with Crippen molar-refractivity contribution in [3.63, 3.8) is 0 Å². The zero-order valence-corrected chi connectivity index (χ0v) is 20.6. The van der Waals surface area contributed by atoms with E-state index in [4.69, 9.17) is 5.73 Å². The smallest absolute Gasteiger partial charge is 0.332 e. The van der Waals surface area contributed by atoms with Crippen molar-refractivity contribution in [1.29, 1.82) is 0 Å². The van der Waals surface area contributed by atoms with Gasteiger partial charge in [-0.2, -0.15) is 0 Å². The molecule has 0 fully saturated rings. The van der Waals surface area contributed by atoms with Crippen LogP contribution < -0.4 is 17.0 Å². The fourth-order valence-corrected chi connectivity index (χ4v) is 5.05. The second-order valence-electron chi connectivity index (χ2n) is 8.08. The first kappa shape index (κ1) is 23.7. The lowest BCUT2D eigenvalue weighted by Gasteiger charge is -2.16. The summed E-state index contributed by atoms with van der Waals surface area (Å²) in [6.45, 7) is 4.16. The van der Waals surface area contributed by atoms with Gasteiger partial charge >= 0.3 is 5.69 Å². The Morgan fingerprint density at radius 2 is 1.85 bits per heavy atom. The molecule has 0 bridgehead atoms. The number of nitrogens with zero attached hydrogens (tertiary/aromatic N) is 5. The average molecular weight is 497 g/mol. The van der Waals surface area contributed by atoms with Gasteiger partial charge in [-0.3, -0.25) is 23.3 Å². The molecular formula is C23H24N6O3S2. The molecule has 0 radical (unpaired) electrons. The third-order valence-corrected chi connectivity index (χ3v) is 6.93. The van der Waals surface area contributed by atoms with Gasteiger partial charge in [-0.1, -0.05) is 49.9 Å². The normalized spacial score (nSPS) is 11.3. The fraction of sp³-hybridized carbons (Fsp3) is 0.261. The average Bonchev–Trinajstić information content (AvgIpc) is 3.49. The molecule has 0 aliphatic heterocycles. The molecule has 0 saturated carbocycles. The zero-order chi connectivity index (χ0) is 24.4. The number of rotatable bonds is 8. The van der Waals surface area contributed by atoms with Crippen LogP contribution >= 0.6 is 23.1 Å². The maximum absolute atomic E-state index is 13.2. The van der Waals surface area contributed by atoms with Crippen LogP contribution in [-0.2, 0) is 13.6 Å². The molecule has 0 amide bonds. The minimum absolute atomic E-state index is 0.0886. The standard InChI is InChI=1S/C23H24N6O3S2/c1-14(2)12-28-19(24)18(21(31)27(3)23(28)32)16(30)13-34-22-26-25-20(17-10-7-11-33-17)29(22)15-8-5-4-6-9-15/h4-11,14H,12-13,24H2,1-3H3. The highest BCUT2D eigenvalue weighted by molar-refractivity contribution is 7.99. The van der Waals surface area contributed by atoms with E-state index in [-0.39, 0.29) is 23.1 Å². The number of benzene rings is 1. The number of nitrogen functional groups attached to an aromatic ring is 1. The summed E-state index contributed by atoms with van der Waals surface area (Å²) in [6.07, 6.45) is 0. The van der Waals surface area contributed by atoms with E-state index in [1.807, 2.05) is 66.3 Å². The molecule has 9 nitrogen and oxygen atoms in total. The summed E-state index contributed by atoms with van der Waals surface area (Å²) in [6, 6.07) is 13.5. The van der Waals surface area contributed by atoms with Crippen LogP contribution in [0.25, 0.3) is 16.4 Å². The van der Waals surface area contributed by atoms with E-state index in [0.717, 1.165) is 26.9 Å². The summed E-state index contributed by atoms with van der Waals surface area (Å²) < 4.78 is 4.09.